The fourth-order valence-corrected chi connectivity index (χ4v) is 15.2. The lowest BCUT2D eigenvalue weighted by Gasteiger charge is -2.12. The Kier molecular flexibility index (Phi) is 13.9. The summed E-state index contributed by atoms with van der Waals surface area (Å²) in [5.41, 5.74) is 12.0. The van der Waals surface area contributed by atoms with Gasteiger partial charge in [-0.1, -0.05) is 177 Å². The molecule has 78 heavy (non-hydrogen) atoms. The third-order valence-corrected chi connectivity index (χ3v) is 20.4. The van der Waals surface area contributed by atoms with Gasteiger partial charge in [-0.3, -0.25) is 0 Å². The smallest absolute Gasteiger partial charge is 0.164 e. The molecule has 3 aromatic heterocycles. The zero-order valence-corrected chi connectivity index (χ0v) is 48.5. The minimum atomic E-state index is 0.589. The normalized spacial score (nSPS) is 11.8. The maximum Gasteiger partial charge on any atom is 0.164 e. The van der Waals surface area contributed by atoms with Crippen LogP contribution in [0.4, 0.5) is 0 Å². The van der Waals surface area contributed by atoms with E-state index in [0.29, 0.717) is 34.2 Å². The SMILES string of the molecule is Cc1ccc(Sc2cc3c(cc2Sc2ccc(C)cc2)-c2nc-3nc3[nH]c(nc4[nH]c(n2)c2cc(Sc5ccc(C)cc5)c(Sc5ccc(C)cc5)cc42)c2cc(Sc4ccc(C)cc4)c(Sc4ccc(C)cc4)cc32)cc1. The first-order valence-corrected chi connectivity index (χ1v) is 30.5. The van der Waals surface area contributed by atoms with Crippen LogP contribution in [0, 0.1) is 41.5 Å². The van der Waals surface area contributed by atoms with Gasteiger partial charge in [0.1, 0.15) is 22.6 Å². The summed E-state index contributed by atoms with van der Waals surface area (Å²) >= 11 is 10.6. The van der Waals surface area contributed by atoms with Gasteiger partial charge in [-0.15, -0.1) is 0 Å². The highest BCUT2D eigenvalue weighted by Crippen LogP contribution is 2.48. The Hall–Kier alpha value is -6.90. The van der Waals surface area contributed by atoms with Crippen LogP contribution in [0.15, 0.2) is 241 Å². The summed E-state index contributed by atoms with van der Waals surface area (Å²) in [4.78, 5) is 43.4. The highest BCUT2D eigenvalue weighted by Gasteiger charge is 2.25. The molecule has 9 aromatic carbocycles. The monoisotopic (exact) mass is 1120 g/mol. The van der Waals surface area contributed by atoms with Gasteiger partial charge in [-0.05, 0) is 151 Å². The standard InChI is InChI=1S/C66H50N6S6/c1-37-7-19-43(20-8-37)73-55-31-49-50(32-56(55)74-44-21-9-38(2)10-22-44)62-67-61(49)70-63-51-33-57(75-45-23-11-39(3)12-24-45)58(76-46-25-13-40(4)14-26-46)34-52(51)65(68-63)72-66-54-36-60(78-48-29-17-42(6)18-30-48)59(35-53(54)64(69-66)71-62)77-47-27-15-41(5)16-28-47/h7-36H,1-6H3,(H2,67,68,69,70,71,72). The van der Waals surface area contributed by atoms with Crippen LogP contribution >= 0.6 is 70.6 Å². The van der Waals surface area contributed by atoms with Gasteiger partial charge in [0.15, 0.2) is 11.6 Å². The van der Waals surface area contributed by atoms with E-state index in [0.717, 1.165) is 91.4 Å². The van der Waals surface area contributed by atoms with E-state index in [4.69, 9.17) is 19.9 Å². The molecule has 1 aliphatic rings. The largest absolute Gasteiger partial charge is 0.324 e. The van der Waals surface area contributed by atoms with Gasteiger partial charge in [-0.2, -0.15) is 0 Å². The van der Waals surface area contributed by atoms with Gasteiger partial charge >= 0.3 is 0 Å². The molecular weight excluding hydrogens is 1070 g/mol. The van der Waals surface area contributed by atoms with Crippen LogP contribution in [-0.2, 0) is 0 Å². The zero-order chi connectivity index (χ0) is 53.0. The van der Waals surface area contributed by atoms with Crippen LogP contribution in [-0.4, -0.2) is 29.9 Å². The Balaban J connectivity index is 1.09. The summed E-state index contributed by atoms with van der Waals surface area (Å²) in [6, 6.07) is 66.3. The number of aryl methyl sites for hydroxylation is 6. The third kappa shape index (κ3) is 10.7. The molecule has 0 fully saturated rings. The number of nitrogens with one attached hydrogen (secondary N) is 2. The van der Waals surface area contributed by atoms with Gasteiger partial charge in [0.25, 0.3) is 0 Å². The number of fused-ring (bicyclic) bond motifs is 15. The van der Waals surface area contributed by atoms with Crippen molar-refractivity contribution in [2.45, 2.75) is 100 Å². The molecule has 4 heterocycles. The molecule has 0 unspecified atom stereocenters. The average Bonchev–Trinajstić information content (AvgIpc) is 4.14. The molecule has 6 bridgehead atoms. The number of hydrogen-bond donors (Lipinski definition) is 2. The molecule has 0 spiro atoms. The van der Waals surface area contributed by atoms with Crippen molar-refractivity contribution in [2.75, 3.05) is 0 Å². The highest BCUT2D eigenvalue weighted by molar-refractivity contribution is 8.03. The minimum Gasteiger partial charge on any atom is -0.324 e. The number of hydrogen-bond acceptors (Lipinski definition) is 10. The summed E-state index contributed by atoms with van der Waals surface area (Å²) in [6.45, 7) is 12.8. The Bertz CT molecular complexity index is 4070. The second-order valence-corrected chi connectivity index (χ2v) is 26.5. The molecule has 12 aromatic rings. The van der Waals surface area contributed by atoms with Crippen LogP contribution in [0.3, 0.4) is 0 Å². The molecule has 0 radical (unpaired) electrons. The van der Waals surface area contributed by atoms with Crippen LogP contribution in [0.1, 0.15) is 33.4 Å². The van der Waals surface area contributed by atoms with E-state index in [-0.39, 0.29) is 0 Å². The Labute approximate surface area is 479 Å². The topological polar surface area (TPSA) is 83.1 Å². The highest BCUT2D eigenvalue weighted by atomic mass is 32.2. The molecule has 6 nitrogen and oxygen atoms in total. The molecule has 12 heteroatoms. The maximum absolute atomic E-state index is 5.59. The summed E-state index contributed by atoms with van der Waals surface area (Å²) in [5.74, 6) is 1.18. The zero-order valence-electron chi connectivity index (χ0n) is 43.6. The molecule has 380 valence electrons. The van der Waals surface area contributed by atoms with Crippen molar-refractivity contribution < 1.29 is 0 Å². The summed E-state index contributed by atoms with van der Waals surface area (Å²) in [6.07, 6.45) is 0. The van der Waals surface area contributed by atoms with Crippen molar-refractivity contribution in [3.05, 3.63) is 215 Å². The Morgan fingerprint density at radius 1 is 0.244 bits per heavy atom. The van der Waals surface area contributed by atoms with Gasteiger partial charge in [0.05, 0.1) is 0 Å². The first-order valence-electron chi connectivity index (χ1n) is 25.6. The van der Waals surface area contributed by atoms with Gasteiger partial charge < -0.3 is 9.97 Å². The van der Waals surface area contributed by atoms with Crippen molar-refractivity contribution in [2.24, 2.45) is 0 Å². The van der Waals surface area contributed by atoms with Crippen LogP contribution in [0.25, 0.3) is 66.9 Å². The number of benzene rings is 9. The van der Waals surface area contributed by atoms with E-state index in [1.165, 1.54) is 33.4 Å². The first kappa shape index (κ1) is 50.6. The Morgan fingerprint density at radius 2 is 0.449 bits per heavy atom. The second kappa shape index (κ2) is 21.4. The van der Waals surface area contributed by atoms with Gasteiger partial charge in [0.2, 0.25) is 0 Å². The third-order valence-electron chi connectivity index (χ3n) is 13.6. The number of aromatic amines is 2. The van der Waals surface area contributed by atoms with E-state index in [9.17, 15) is 0 Å². The fraction of sp³-hybridized carbons (Fsp3) is 0.0909. The molecule has 0 atom stereocenters. The van der Waals surface area contributed by atoms with E-state index < -0.39 is 0 Å². The average molecular weight is 1120 g/mol. The molecule has 13 rings (SSSR count). The number of aromatic nitrogens is 6. The van der Waals surface area contributed by atoms with Crippen molar-refractivity contribution in [3.63, 3.8) is 0 Å². The second-order valence-electron chi connectivity index (χ2n) is 19.8. The predicted molar refractivity (Wildman–Crippen MR) is 330 cm³/mol. The summed E-state index contributed by atoms with van der Waals surface area (Å²) in [5, 5.41) is 3.83. The van der Waals surface area contributed by atoms with Gasteiger partial charge in [-0.25, -0.2) is 19.9 Å². The summed E-state index contributed by atoms with van der Waals surface area (Å²) in [7, 11) is 0. The van der Waals surface area contributed by atoms with E-state index >= 15 is 0 Å². The first-order chi connectivity index (χ1) is 38.0. The number of nitrogens with zero attached hydrogens (tertiary/aromatic N) is 4. The lowest BCUT2D eigenvalue weighted by atomic mass is 10.1. The fourth-order valence-electron chi connectivity index (χ4n) is 9.27. The summed E-state index contributed by atoms with van der Waals surface area (Å²) < 4.78 is 0. The molecule has 0 amide bonds. The van der Waals surface area contributed by atoms with Crippen molar-refractivity contribution in [1.82, 2.24) is 29.9 Å². The molecule has 2 N–H and O–H groups in total. The predicted octanol–water partition coefficient (Wildman–Crippen LogP) is 20.1. The lowest BCUT2D eigenvalue weighted by Crippen LogP contribution is -1.88. The van der Waals surface area contributed by atoms with Crippen LogP contribution < -0.4 is 0 Å². The van der Waals surface area contributed by atoms with Crippen molar-refractivity contribution in [3.8, 4) is 22.8 Å². The van der Waals surface area contributed by atoms with E-state index in [1.54, 1.807) is 70.6 Å². The minimum absolute atomic E-state index is 0.589. The van der Waals surface area contributed by atoms with Gasteiger partial charge in [0, 0.05) is 91.4 Å². The van der Waals surface area contributed by atoms with Crippen molar-refractivity contribution >= 4 is 115 Å². The molecule has 0 saturated heterocycles. The van der Waals surface area contributed by atoms with Crippen molar-refractivity contribution in [1.29, 1.82) is 0 Å². The lowest BCUT2D eigenvalue weighted by molar-refractivity contribution is 1.20. The molecule has 1 aliphatic heterocycles. The maximum atomic E-state index is 5.59. The van der Waals surface area contributed by atoms with Crippen LogP contribution in [0.2, 0.25) is 0 Å². The number of H-pyrrole nitrogens is 2. The van der Waals surface area contributed by atoms with E-state index in [1.807, 2.05) is 0 Å². The number of rotatable bonds is 12. The van der Waals surface area contributed by atoms with E-state index in [2.05, 4.69) is 234 Å². The molecular formula is C66H50N6S6. The Morgan fingerprint density at radius 3 is 0.679 bits per heavy atom. The molecule has 0 aliphatic carbocycles. The molecule has 0 saturated carbocycles. The quantitative estimate of drug-likeness (QED) is 0.123. The van der Waals surface area contributed by atoms with Crippen LogP contribution in [0.5, 0.6) is 0 Å².